The van der Waals surface area contributed by atoms with E-state index in [0.717, 1.165) is 25.9 Å². The fraction of sp³-hybridized carbons (Fsp3) is 1.00. The molecular formula is C13H26N2O2S. The van der Waals surface area contributed by atoms with E-state index in [1.165, 1.54) is 12.8 Å². The van der Waals surface area contributed by atoms with E-state index in [4.69, 9.17) is 0 Å². The predicted octanol–water partition coefficient (Wildman–Crippen LogP) is 1.34. The van der Waals surface area contributed by atoms with Crippen LogP contribution in [0.3, 0.4) is 0 Å². The number of rotatable bonds is 6. The van der Waals surface area contributed by atoms with Crippen LogP contribution in [0.15, 0.2) is 0 Å². The number of hydrogen-bond acceptors (Lipinski definition) is 3. The Hall–Kier alpha value is -0.130. The Morgan fingerprint density at radius 3 is 2.39 bits per heavy atom. The lowest BCUT2D eigenvalue weighted by atomic mass is 9.93. The summed E-state index contributed by atoms with van der Waals surface area (Å²) in [6.45, 7) is 6.92. The molecule has 0 atom stereocenters. The Labute approximate surface area is 111 Å². The van der Waals surface area contributed by atoms with Crippen LogP contribution in [0.1, 0.15) is 39.5 Å². The number of nitrogens with one attached hydrogen (secondary N) is 2. The van der Waals surface area contributed by atoms with E-state index in [9.17, 15) is 8.42 Å². The molecule has 1 aliphatic carbocycles. The summed E-state index contributed by atoms with van der Waals surface area (Å²) >= 11 is 0. The van der Waals surface area contributed by atoms with Gasteiger partial charge in [-0.15, -0.1) is 0 Å². The molecule has 106 valence electrons. The Morgan fingerprint density at radius 1 is 1.28 bits per heavy atom. The topological polar surface area (TPSA) is 58.2 Å². The van der Waals surface area contributed by atoms with E-state index in [1.54, 1.807) is 0 Å². The zero-order valence-electron chi connectivity index (χ0n) is 11.5. The van der Waals surface area contributed by atoms with Gasteiger partial charge in [0, 0.05) is 6.54 Å². The molecule has 0 spiro atoms. The van der Waals surface area contributed by atoms with Crippen molar-refractivity contribution in [2.45, 2.75) is 39.5 Å². The van der Waals surface area contributed by atoms with E-state index in [0.29, 0.717) is 24.1 Å². The molecule has 5 heteroatoms. The number of sulfonamides is 1. The Balaban J connectivity index is 1.80. The molecule has 2 rings (SSSR count). The van der Waals surface area contributed by atoms with Gasteiger partial charge in [-0.05, 0) is 56.0 Å². The lowest BCUT2D eigenvalue weighted by Gasteiger charge is -2.24. The van der Waals surface area contributed by atoms with E-state index in [1.807, 2.05) is 0 Å². The van der Waals surface area contributed by atoms with Crippen molar-refractivity contribution in [2.24, 2.45) is 17.3 Å². The highest BCUT2D eigenvalue weighted by Gasteiger charge is 2.45. The third-order valence-electron chi connectivity index (χ3n) is 4.67. The highest BCUT2D eigenvalue weighted by Crippen LogP contribution is 2.51. The predicted molar refractivity (Wildman–Crippen MR) is 73.9 cm³/mol. The zero-order valence-corrected chi connectivity index (χ0v) is 12.4. The fourth-order valence-electron chi connectivity index (χ4n) is 2.79. The van der Waals surface area contributed by atoms with Crippen molar-refractivity contribution in [3.63, 3.8) is 0 Å². The van der Waals surface area contributed by atoms with E-state index >= 15 is 0 Å². The first-order chi connectivity index (χ1) is 8.44. The highest BCUT2D eigenvalue weighted by atomic mass is 32.2. The van der Waals surface area contributed by atoms with Gasteiger partial charge < -0.3 is 5.32 Å². The normalized spacial score (nSPS) is 24.4. The maximum Gasteiger partial charge on any atom is 0.211 e. The first-order valence-electron chi connectivity index (χ1n) is 7.12. The van der Waals surface area contributed by atoms with Crippen molar-refractivity contribution in [2.75, 3.05) is 25.4 Å². The molecule has 2 N–H and O–H groups in total. The van der Waals surface area contributed by atoms with Crippen LogP contribution in [0.25, 0.3) is 0 Å². The van der Waals surface area contributed by atoms with E-state index in [-0.39, 0.29) is 5.41 Å². The van der Waals surface area contributed by atoms with Crippen LogP contribution in [0.5, 0.6) is 0 Å². The molecule has 0 aromatic heterocycles. The highest BCUT2D eigenvalue weighted by molar-refractivity contribution is 7.89. The van der Waals surface area contributed by atoms with Crippen molar-refractivity contribution in [3.8, 4) is 0 Å². The van der Waals surface area contributed by atoms with Gasteiger partial charge in [0.1, 0.15) is 0 Å². The number of hydrogen-bond donors (Lipinski definition) is 2. The SMILES string of the molecule is CC(C)C1(CNS(=O)(=O)CC2CCNCC2)CC1. The van der Waals surface area contributed by atoms with Gasteiger partial charge in [-0.2, -0.15) is 0 Å². The average Bonchev–Trinajstić information content (AvgIpc) is 3.08. The van der Waals surface area contributed by atoms with Crippen molar-refractivity contribution in [1.29, 1.82) is 0 Å². The van der Waals surface area contributed by atoms with Crippen LogP contribution >= 0.6 is 0 Å². The molecule has 0 aromatic carbocycles. The summed E-state index contributed by atoms with van der Waals surface area (Å²) in [6.07, 6.45) is 4.30. The van der Waals surface area contributed by atoms with Gasteiger partial charge in [-0.25, -0.2) is 13.1 Å². The van der Waals surface area contributed by atoms with Gasteiger partial charge in [0.05, 0.1) is 5.75 Å². The van der Waals surface area contributed by atoms with Gasteiger partial charge in [-0.1, -0.05) is 13.8 Å². The van der Waals surface area contributed by atoms with Gasteiger partial charge in [-0.3, -0.25) is 0 Å². The summed E-state index contributed by atoms with van der Waals surface area (Å²) in [4.78, 5) is 0. The summed E-state index contributed by atoms with van der Waals surface area (Å²) in [5.41, 5.74) is 0.251. The molecule has 0 aromatic rings. The maximum absolute atomic E-state index is 12.1. The maximum atomic E-state index is 12.1. The summed E-state index contributed by atoms with van der Waals surface area (Å²) < 4.78 is 27.0. The third-order valence-corrected chi connectivity index (χ3v) is 6.17. The molecule has 1 heterocycles. The van der Waals surface area contributed by atoms with Gasteiger partial charge in [0.2, 0.25) is 10.0 Å². The second-order valence-corrected chi connectivity index (χ2v) is 8.16. The largest absolute Gasteiger partial charge is 0.317 e. The molecule has 4 nitrogen and oxygen atoms in total. The van der Waals surface area contributed by atoms with Crippen LogP contribution in [0.2, 0.25) is 0 Å². The molecule has 18 heavy (non-hydrogen) atoms. The van der Waals surface area contributed by atoms with E-state index < -0.39 is 10.0 Å². The second kappa shape index (κ2) is 5.47. The Kier molecular flexibility index (Phi) is 4.34. The summed E-state index contributed by atoms with van der Waals surface area (Å²) in [6, 6.07) is 0. The lowest BCUT2D eigenvalue weighted by molar-refractivity contribution is 0.355. The standard InChI is InChI=1S/C13H26N2O2S/c1-11(2)13(5-6-13)10-15-18(16,17)9-12-3-7-14-8-4-12/h11-12,14-15H,3-10H2,1-2H3. The molecule has 2 aliphatic rings. The fourth-order valence-corrected chi connectivity index (χ4v) is 4.37. The van der Waals surface area contributed by atoms with Crippen LogP contribution < -0.4 is 10.0 Å². The quantitative estimate of drug-likeness (QED) is 0.768. The molecule has 0 unspecified atom stereocenters. The minimum absolute atomic E-state index is 0.251. The van der Waals surface area contributed by atoms with Crippen molar-refractivity contribution in [3.05, 3.63) is 0 Å². The van der Waals surface area contributed by atoms with Crippen molar-refractivity contribution in [1.82, 2.24) is 10.0 Å². The van der Waals surface area contributed by atoms with Gasteiger partial charge in [0.15, 0.2) is 0 Å². The molecule has 1 saturated carbocycles. The monoisotopic (exact) mass is 274 g/mol. The van der Waals surface area contributed by atoms with Crippen LogP contribution in [0, 0.1) is 17.3 Å². The molecular weight excluding hydrogens is 248 g/mol. The second-order valence-electron chi connectivity index (χ2n) is 6.31. The zero-order chi connectivity index (χ0) is 13.2. The summed E-state index contributed by atoms with van der Waals surface area (Å²) in [7, 11) is -3.09. The van der Waals surface area contributed by atoms with E-state index in [2.05, 4.69) is 23.9 Å². The average molecular weight is 274 g/mol. The van der Waals surface area contributed by atoms with Crippen LogP contribution in [-0.4, -0.2) is 33.8 Å². The molecule has 2 fully saturated rings. The Morgan fingerprint density at radius 2 is 1.89 bits per heavy atom. The molecule has 0 radical (unpaired) electrons. The van der Waals surface area contributed by atoms with Crippen molar-refractivity contribution < 1.29 is 8.42 Å². The third kappa shape index (κ3) is 3.68. The molecule has 1 aliphatic heterocycles. The summed E-state index contributed by atoms with van der Waals surface area (Å²) in [5, 5.41) is 3.27. The minimum atomic E-state index is -3.09. The number of piperidine rings is 1. The minimum Gasteiger partial charge on any atom is -0.317 e. The van der Waals surface area contributed by atoms with Gasteiger partial charge in [0.25, 0.3) is 0 Å². The van der Waals surface area contributed by atoms with Crippen LogP contribution in [0.4, 0.5) is 0 Å². The van der Waals surface area contributed by atoms with Crippen LogP contribution in [-0.2, 0) is 10.0 Å². The molecule has 1 saturated heterocycles. The van der Waals surface area contributed by atoms with Crippen molar-refractivity contribution >= 4 is 10.0 Å². The molecule has 0 amide bonds. The smallest absolute Gasteiger partial charge is 0.211 e. The first-order valence-corrected chi connectivity index (χ1v) is 8.77. The molecule has 0 bridgehead atoms. The summed E-state index contributed by atoms with van der Waals surface area (Å²) in [5.74, 6) is 1.21. The lowest BCUT2D eigenvalue weighted by Crippen LogP contribution is -2.38. The Bertz CT molecular complexity index is 368. The first kappa shape index (κ1) is 14.3. The van der Waals surface area contributed by atoms with Gasteiger partial charge >= 0.3 is 0 Å².